The largest absolute Gasteiger partial charge is 0.256 e. The zero-order valence-corrected chi connectivity index (χ0v) is 11.5. The molecular weight excluding hydrogens is 279 g/mol. The third kappa shape index (κ3) is 2.20. The first kappa shape index (κ1) is 12.5. The van der Waals surface area contributed by atoms with Crippen molar-refractivity contribution in [3.63, 3.8) is 0 Å². The van der Waals surface area contributed by atoms with Crippen molar-refractivity contribution >= 4 is 23.2 Å². The molecule has 0 N–H and O–H groups in total. The molecule has 0 radical (unpaired) electrons. The molecule has 0 bridgehead atoms. The van der Waals surface area contributed by atoms with Gasteiger partial charge >= 0.3 is 0 Å². The van der Waals surface area contributed by atoms with Crippen LogP contribution in [-0.4, -0.2) is 4.98 Å². The Balaban J connectivity index is 1.97. The molecule has 1 heterocycles. The summed E-state index contributed by atoms with van der Waals surface area (Å²) < 4.78 is 0. The molecule has 2 aromatic rings. The Labute approximate surface area is 121 Å². The highest BCUT2D eigenvalue weighted by atomic mass is 35.5. The zero-order valence-electron chi connectivity index (χ0n) is 10.0. The predicted molar refractivity (Wildman–Crippen MR) is 76.2 cm³/mol. The van der Waals surface area contributed by atoms with Crippen molar-refractivity contribution in [2.75, 3.05) is 0 Å². The van der Waals surface area contributed by atoms with Gasteiger partial charge in [0.05, 0.1) is 22.2 Å². The summed E-state index contributed by atoms with van der Waals surface area (Å²) >= 11 is 12.0. The van der Waals surface area contributed by atoms with E-state index >= 15 is 0 Å². The van der Waals surface area contributed by atoms with Crippen LogP contribution in [0.1, 0.15) is 18.4 Å². The van der Waals surface area contributed by atoms with Gasteiger partial charge in [0.15, 0.2) is 0 Å². The highest BCUT2D eigenvalue weighted by Crippen LogP contribution is 2.47. The van der Waals surface area contributed by atoms with Crippen LogP contribution in [0, 0.1) is 11.3 Å². The summed E-state index contributed by atoms with van der Waals surface area (Å²) in [7, 11) is 0. The van der Waals surface area contributed by atoms with Crippen LogP contribution < -0.4 is 0 Å². The fourth-order valence-electron chi connectivity index (χ4n) is 2.12. The lowest BCUT2D eigenvalue weighted by Gasteiger charge is -2.08. The molecule has 0 saturated heterocycles. The number of hydrogen-bond donors (Lipinski definition) is 0. The molecule has 1 aliphatic rings. The number of halogens is 2. The summed E-state index contributed by atoms with van der Waals surface area (Å²) in [4.78, 5) is 4.42. The van der Waals surface area contributed by atoms with E-state index in [1.807, 2.05) is 18.2 Å². The standard InChI is InChI=1S/C15H10Cl2N2/c16-11-2-3-12(13(17)7-11)14-4-1-10(8-19-14)15(9-18)5-6-15/h1-4,7-8H,5-6H2. The van der Waals surface area contributed by atoms with Crippen LogP contribution in [0.3, 0.4) is 0 Å². The van der Waals surface area contributed by atoms with Crippen molar-refractivity contribution in [2.45, 2.75) is 18.3 Å². The van der Waals surface area contributed by atoms with Crippen LogP contribution in [0.25, 0.3) is 11.3 Å². The van der Waals surface area contributed by atoms with E-state index in [4.69, 9.17) is 28.5 Å². The monoisotopic (exact) mass is 288 g/mol. The first-order valence-corrected chi connectivity index (χ1v) is 6.73. The second-order valence-corrected chi connectivity index (χ2v) is 5.59. The molecule has 0 aliphatic heterocycles. The van der Waals surface area contributed by atoms with E-state index in [2.05, 4.69) is 11.1 Å². The van der Waals surface area contributed by atoms with E-state index in [9.17, 15) is 0 Å². The SMILES string of the molecule is N#CC1(c2ccc(-c3ccc(Cl)cc3Cl)nc2)CC1. The Hall–Kier alpha value is -1.56. The van der Waals surface area contributed by atoms with Gasteiger partial charge in [0.1, 0.15) is 0 Å². The van der Waals surface area contributed by atoms with Crippen molar-refractivity contribution in [1.29, 1.82) is 5.26 Å². The molecule has 0 unspecified atom stereocenters. The first-order chi connectivity index (χ1) is 9.14. The second-order valence-electron chi connectivity index (χ2n) is 4.75. The summed E-state index contributed by atoms with van der Waals surface area (Å²) in [5.74, 6) is 0. The Morgan fingerprint density at radius 1 is 1.16 bits per heavy atom. The number of nitriles is 1. The molecule has 4 heteroatoms. The van der Waals surface area contributed by atoms with Gasteiger partial charge in [0, 0.05) is 16.8 Å². The van der Waals surface area contributed by atoms with Gasteiger partial charge < -0.3 is 0 Å². The van der Waals surface area contributed by atoms with Gasteiger partial charge in [-0.25, -0.2) is 0 Å². The molecule has 1 aromatic heterocycles. The number of nitrogens with zero attached hydrogens (tertiary/aromatic N) is 2. The van der Waals surface area contributed by atoms with E-state index in [1.165, 1.54) is 0 Å². The van der Waals surface area contributed by atoms with Crippen molar-refractivity contribution < 1.29 is 0 Å². The number of hydrogen-bond acceptors (Lipinski definition) is 2. The lowest BCUT2D eigenvalue weighted by molar-refractivity contribution is 0.898. The lowest BCUT2D eigenvalue weighted by Crippen LogP contribution is -2.03. The van der Waals surface area contributed by atoms with Gasteiger partial charge in [-0.1, -0.05) is 29.3 Å². The molecule has 1 fully saturated rings. The molecule has 3 rings (SSSR count). The van der Waals surface area contributed by atoms with Gasteiger partial charge in [-0.15, -0.1) is 0 Å². The van der Waals surface area contributed by atoms with Gasteiger partial charge in [-0.3, -0.25) is 4.98 Å². The molecule has 0 amide bonds. The van der Waals surface area contributed by atoms with E-state index < -0.39 is 0 Å². The van der Waals surface area contributed by atoms with Gasteiger partial charge in [-0.05, 0) is 42.7 Å². The summed E-state index contributed by atoms with van der Waals surface area (Å²) in [5.41, 5.74) is 2.33. The van der Waals surface area contributed by atoms with Gasteiger partial charge in [0.25, 0.3) is 0 Å². The van der Waals surface area contributed by atoms with Crippen LogP contribution in [-0.2, 0) is 5.41 Å². The average Bonchev–Trinajstić information content (AvgIpc) is 3.20. The first-order valence-electron chi connectivity index (χ1n) is 5.98. The molecular formula is C15H10Cl2N2. The minimum atomic E-state index is -0.296. The molecule has 0 spiro atoms. The molecule has 1 aliphatic carbocycles. The number of pyridine rings is 1. The molecule has 1 saturated carbocycles. The van der Waals surface area contributed by atoms with Gasteiger partial charge in [0.2, 0.25) is 0 Å². The Bertz CT molecular complexity index is 668. The topological polar surface area (TPSA) is 36.7 Å². The number of aromatic nitrogens is 1. The maximum absolute atomic E-state index is 9.16. The van der Waals surface area contributed by atoms with E-state index in [1.54, 1.807) is 18.3 Å². The summed E-state index contributed by atoms with van der Waals surface area (Å²) in [6.07, 6.45) is 3.62. The highest BCUT2D eigenvalue weighted by Gasteiger charge is 2.45. The quantitative estimate of drug-likeness (QED) is 0.809. The Kier molecular flexibility index (Phi) is 2.97. The van der Waals surface area contributed by atoms with Crippen molar-refractivity contribution in [1.82, 2.24) is 4.98 Å². The van der Waals surface area contributed by atoms with Crippen molar-refractivity contribution in [2.24, 2.45) is 0 Å². The smallest absolute Gasteiger partial charge is 0.0838 e. The zero-order chi connectivity index (χ0) is 13.5. The molecule has 19 heavy (non-hydrogen) atoms. The number of rotatable bonds is 2. The maximum atomic E-state index is 9.16. The van der Waals surface area contributed by atoms with Crippen LogP contribution >= 0.6 is 23.2 Å². The maximum Gasteiger partial charge on any atom is 0.0838 e. The van der Waals surface area contributed by atoms with Crippen molar-refractivity contribution in [3.05, 3.63) is 52.1 Å². The van der Waals surface area contributed by atoms with E-state index in [0.29, 0.717) is 10.0 Å². The Morgan fingerprint density at radius 2 is 1.95 bits per heavy atom. The van der Waals surface area contributed by atoms with E-state index in [-0.39, 0.29) is 5.41 Å². The lowest BCUT2D eigenvalue weighted by atomic mass is 9.99. The summed E-state index contributed by atoms with van der Waals surface area (Å²) in [5, 5.41) is 10.3. The minimum absolute atomic E-state index is 0.296. The Morgan fingerprint density at radius 3 is 2.47 bits per heavy atom. The third-order valence-corrected chi connectivity index (χ3v) is 4.03. The fraction of sp³-hybridized carbons (Fsp3) is 0.200. The van der Waals surface area contributed by atoms with Crippen molar-refractivity contribution in [3.8, 4) is 17.3 Å². The molecule has 94 valence electrons. The van der Waals surface area contributed by atoms with Crippen LogP contribution in [0.2, 0.25) is 10.0 Å². The van der Waals surface area contributed by atoms with Crippen LogP contribution in [0.5, 0.6) is 0 Å². The van der Waals surface area contributed by atoms with Crippen LogP contribution in [0.4, 0.5) is 0 Å². The summed E-state index contributed by atoms with van der Waals surface area (Å²) in [6, 6.07) is 11.6. The normalized spacial score (nSPS) is 15.8. The third-order valence-electron chi connectivity index (χ3n) is 3.49. The second kappa shape index (κ2) is 4.52. The predicted octanol–water partition coefficient (Wildman–Crippen LogP) is 4.61. The number of benzene rings is 1. The van der Waals surface area contributed by atoms with E-state index in [0.717, 1.165) is 29.7 Å². The molecule has 0 atom stereocenters. The average molecular weight is 289 g/mol. The molecule has 1 aromatic carbocycles. The minimum Gasteiger partial charge on any atom is -0.256 e. The highest BCUT2D eigenvalue weighted by molar-refractivity contribution is 6.36. The van der Waals surface area contributed by atoms with Gasteiger partial charge in [-0.2, -0.15) is 5.26 Å². The molecule has 2 nitrogen and oxygen atoms in total. The summed E-state index contributed by atoms with van der Waals surface area (Å²) in [6.45, 7) is 0. The van der Waals surface area contributed by atoms with Crippen LogP contribution in [0.15, 0.2) is 36.5 Å². The fourth-order valence-corrected chi connectivity index (χ4v) is 2.63.